The van der Waals surface area contributed by atoms with Gasteiger partial charge in [-0.2, -0.15) is 0 Å². The number of rotatable bonds is 8. The molecule has 1 saturated carbocycles. The molecule has 1 aromatic rings. The van der Waals surface area contributed by atoms with Gasteiger partial charge in [-0.3, -0.25) is 0 Å². The number of hydrogen-bond acceptors (Lipinski definition) is 2. The van der Waals surface area contributed by atoms with Gasteiger partial charge in [0.15, 0.2) is 0 Å². The lowest BCUT2D eigenvalue weighted by atomic mass is 9.81. The van der Waals surface area contributed by atoms with Crippen molar-refractivity contribution in [1.82, 2.24) is 0 Å². The first-order valence-electron chi connectivity index (χ1n) is 8.74. The second kappa shape index (κ2) is 8.96. The highest BCUT2D eigenvalue weighted by molar-refractivity contribution is 5.46. The minimum atomic E-state index is 0.823. The van der Waals surface area contributed by atoms with E-state index in [1.165, 1.54) is 44.2 Å². The van der Waals surface area contributed by atoms with Gasteiger partial charge in [-0.1, -0.05) is 46.0 Å². The highest BCUT2D eigenvalue weighted by atomic mass is 16.5. The van der Waals surface area contributed by atoms with Crippen LogP contribution in [0.4, 0.5) is 5.69 Å². The average Bonchev–Trinajstić information content (AvgIpc) is 2.51. The maximum Gasteiger partial charge on any atom is 0.119 e. The fourth-order valence-corrected chi connectivity index (χ4v) is 3.04. The molecule has 0 unspecified atom stereocenters. The molecule has 0 aromatic heterocycles. The third-order valence-electron chi connectivity index (χ3n) is 4.64. The standard InChI is InChI=1S/C19H31NO/c1-3-4-15-21-19-11-9-18(10-12-19)20-14-13-17-7-5-16(2)6-8-17/h9-12,16-17,20H,3-8,13-15H2,1-2H3. The lowest BCUT2D eigenvalue weighted by Gasteiger charge is -2.26. The summed E-state index contributed by atoms with van der Waals surface area (Å²) in [6, 6.07) is 8.40. The first kappa shape index (κ1) is 16.2. The Morgan fingerprint density at radius 3 is 2.48 bits per heavy atom. The molecule has 2 rings (SSSR count). The highest BCUT2D eigenvalue weighted by Gasteiger charge is 2.17. The van der Waals surface area contributed by atoms with Gasteiger partial charge in [0.2, 0.25) is 0 Å². The summed E-state index contributed by atoms with van der Waals surface area (Å²) in [5.74, 6) is 2.87. The van der Waals surface area contributed by atoms with Crippen molar-refractivity contribution in [2.75, 3.05) is 18.5 Å². The van der Waals surface area contributed by atoms with E-state index in [0.29, 0.717) is 0 Å². The molecule has 1 aromatic carbocycles. The molecule has 2 heteroatoms. The summed E-state index contributed by atoms with van der Waals surface area (Å²) in [5.41, 5.74) is 1.21. The van der Waals surface area contributed by atoms with Crippen molar-refractivity contribution >= 4 is 5.69 Å². The van der Waals surface area contributed by atoms with E-state index in [-0.39, 0.29) is 0 Å². The van der Waals surface area contributed by atoms with E-state index in [4.69, 9.17) is 4.74 Å². The number of ether oxygens (including phenoxy) is 1. The molecule has 0 bridgehead atoms. The molecular formula is C19H31NO. The summed E-state index contributed by atoms with van der Waals surface area (Å²) in [7, 11) is 0. The van der Waals surface area contributed by atoms with E-state index < -0.39 is 0 Å². The first-order valence-corrected chi connectivity index (χ1v) is 8.74. The zero-order valence-corrected chi connectivity index (χ0v) is 13.7. The minimum absolute atomic E-state index is 0.823. The summed E-state index contributed by atoms with van der Waals surface area (Å²) < 4.78 is 5.68. The van der Waals surface area contributed by atoms with Gasteiger partial charge < -0.3 is 10.1 Å². The van der Waals surface area contributed by atoms with Gasteiger partial charge in [0, 0.05) is 12.2 Å². The minimum Gasteiger partial charge on any atom is -0.494 e. The summed E-state index contributed by atoms with van der Waals surface area (Å²) in [6.07, 6.45) is 9.31. The van der Waals surface area contributed by atoms with Crippen molar-refractivity contribution in [3.05, 3.63) is 24.3 Å². The van der Waals surface area contributed by atoms with Gasteiger partial charge in [-0.05, 0) is 48.9 Å². The molecule has 0 atom stereocenters. The van der Waals surface area contributed by atoms with Gasteiger partial charge in [0.05, 0.1) is 6.61 Å². The summed E-state index contributed by atoms with van der Waals surface area (Å²) in [6.45, 7) is 6.49. The van der Waals surface area contributed by atoms with Crippen molar-refractivity contribution in [3.8, 4) is 5.75 Å². The molecule has 0 heterocycles. The molecule has 0 saturated heterocycles. The normalized spacial score (nSPS) is 22.0. The van der Waals surface area contributed by atoms with Crippen molar-refractivity contribution in [2.24, 2.45) is 11.8 Å². The van der Waals surface area contributed by atoms with Gasteiger partial charge in [0.1, 0.15) is 5.75 Å². The first-order chi connectivity index (χ1) is 10.3. The molecule has 1 aliphatic rings. The Hall–Kier alpha value is -1.18. The van der Waals surface area contributed by atoms with Gasteiger partial charge >= 0.3 is 0 Å². The zero-order chi connectivity index (χ0) is 14.9. The average molecular weight is 289 g/mol. The van der Waals surface area contributed by atoms with Crippen LogP contribution < -0.4 is 10.1 Å². The van der Waals surface area contributed by atoms with Gasteiger partial charge in [-0.25, -0.2) is 0 Å². The van der Waals surface area contributed by atoms with E-state index in [9.17, 15) is 0 Å². The molecule has 21 heavy (non-hydrogen) atoms. The van der Waals surface area contributed by atoms with Gasteiger partial charge in [-0.15, -0.1) is 0 Å². The zero-order valence-electron chi connectivity index (χ0n) is 13.7. The predicted octanol–water partition coefficient (Wildman–Crippen LogP) is 5.49. The van der Waals surface area contributed by atoms with E-state index in [1.807, 2.05) is 0 Å². The molecule has 1 N–H and O–H groups in total. The van der Waals surface area contributed by atoms with Crippen LogP contribution in [0.3, 0.4) is 0 Å². The molecule has 0 radical (unpaired) electrons. The third kappa shape index (κ3) is 5.99. The molecule has 118 valence electrons. The van der Waals surface area contributed by atoms with E-state index in [2.05, 4.69) is 43.4 Å². The molecule has 1 fully saturated rings. The maximum atomic E-state index is 5.68. The van der Waals surface area contributed by atoms with Crippen LogP contribution in [-0.4, -0.2) is 13.2 Å². The van der Waals surface area contributed by atoms with Crippen molar-refractivity contribution in [3.63, 3.8) is 0 Å². The summed E-state index contributed by atoms with van der Waals surface area (Å²) in [5, 5.41) is 3.54. The Bertz CT molecular complexity index is 379. The molecule has 0 aliphatic heterocycles. The number of unbranched alkanes of at least 4 members (excludes halogenated alkanes) is 1. The van der Waals surface area contributed by atoms with Crippen LogP contribution in [0.25, 0.3) is 0 Å². The lowest BCUT2D eigenvalue weighted by Crippen LogP contribution is -2.15. The third-order valence-corrected chi connectivity index (χ3v) is 4.64. The molecule has 0 amide bonds. The van der Waals surface area contributed by atoms with Crippen molar-refractivity contribution < 1.29 is 4.74 Å². The largest absolute Gasteiger partial charge is 0.494 e. The van der Waals surface area contributed by atoms with Crippen LogP contribution in [0.5, 0.6) is 5.75 Å². The summed E-state index contributed by atoms with van der Waals surface area (Å²) in [4.78, 5) is 0. The predicted molar refractivity (Wildman–Crippen MR) is 91.1 cm³/mol. The van der Waals surface area contributed by atoms with Crippen LogP contribution in [0.2, 0.25) is 0 Å². The fraction of sp³-hybridized carbons (Fsp3) is 0.684. The molecular weight excluding hydrogens is 258 g/mol. The topological polar surface area (TPSA) is 21.3 Å². The lowest BCUT2D eigenvalue weighted by molar-refractivity contribution is 0.282. The van der Waals surface area contributed by atoms with E-state index in [1.54, 1.807) is 0 Å². The Labute approximate surface area is 130 Å². The number of nitrogens with one attached hydrogen (secondary N) is 1. The van der Waals surface area contributed by atoms with Crippen LogP contribution in [0, 0.1) is 11.8 Å². The molecule has 0 spiro atoms. The van der Waals surface area contributed by atoms with E-state index in [0.717, 1.165) is 37.2 Å². The second-order valence-corrected chi connectivity index (χ2v) is 6.57. The second-order valence-electron chi connectivity index (χ2n) is 6.57. The maximum absolute atomic E-state index is 5.68. The van der Waals surface area contributed by atoms with Crippen LogP contribution in [0.1, 0.15) is 58.8 Å². The Morgan fingerprint density at radius 2 is 1.81 bits per heavy atom. The molecule has 2 nitrogen and oxygen atoms in total. The van der Waals surface area contributed by atoms with Crippen LogP contribution in [0.15, 0.2) is 24.3 Å². The quantitative estimate of drug-likeness (QED) is 0.639. The highest BCUT2D eigenvalue weighted by Crippen LogP contribution is 2.30. The SMILES string of the molecule is CCCCOc1ccc(NCCC2CCC(C)CC2)cc1. The van der Waals surface area contributed by atoms with Crippen LogP contribution in [-0.2, 0) is 0 Å². The molecule has 1 aliphatic carbocycles. The number of anilines is 1. The Balaban J connectivity index is 1.64. The van der Waals surface area contributed by atoms with Crippen molar-refractivity contribution in [2.45, 2.75) is 58.8 Å². The number of benzene rings is 1. The fourth-order valence-electron chi connectivity index (χ4n) is 3.04. The van der Waals surface area contributed by atoms with Crippen LogP contribution >= 0.6 is 0 Å². The monoisotopic (exact) mass is 289 g/mol. The number of hydrogen-bond donors (Lipinski definition) is 1. The smallest absolute Gasteiger partial charge is 0.119 e. The Morgan fingerprint density at radius 1 is 1.10 bits per heavy atom. The van der Waals surface area contributed by atoms with Crippen molar-refractivity contribution in [1.29, 1.82) is 0 Å². The van der Waals surface area contributed by atoms with E-state index >= 15 is 0 Å². The Kier molecular flexibility index (Phi) is 6.91. The summed E-state index contributed by atoms with van der Waals surface area (Å²) >= 11 is 0. The van der Waals surface area contributed by atoms with Gasteiger partial charge in [0.25, 0.3) is 0 Å².